The van der Waals surface area contributed by atoms with Gasteiger partial charge in [-0.15, -0.1) is 0 Å². The molecule has 0 N–H and O–H groups in total. The van der Waals surface area contributed by atoms with Crippen LogP contribution in [0.25, 0.3) is 0 Å². The maximum Gasteiger partial charge on any atom is 0.255 e. The lowest BCUT2D eigenvalue weighted by molar-refractivity contribution is 0.0573. The van der Waals surface area contributed by atoms with Gasteiger partial charge in [0.2, 0.25) is 0 Å². The van der Waals surface area contributed by atoms with Gasteiger partial charge in [0, 0.05) is 16.2 Å². The molecule has 1 aromatic carbocycles. The molecule has 0 aromatic heterocycles. The number of benzene rings is 1. The van der Waals surface area contributed by atoms with Gasteiger partial charge >= 0.3 is 0 Å². The van der Waals surface area contributed by atoms with Crippen molar-refractivity contribution in [3.8, 4) is 0 Å². The van der Waals surface area contributed by atoms with Crippen LogP contribution >= 0.6 is 22.6 Å². The molecule has 0 radical (unpaired) electrons. The first-order chi connectivity index (χ1) is 8.09. The smallest absolute Gasteiger partial charge is 0.255 e. The van der Waals surface area contributed by atoms with Crippen LogP contribution in [0.4, 0.5) is 0 Å². The van der Waals surface area contributed by atoms with Gasteiger partial charge in [-0.25, -0.2) is 0 Å². The molecule has 92 valence electrons. The highest BCUT2D eigenvalue weighted by atomic mass is 127. The number of carbonyl (C=O) groups excluding carboxylic acids is 1. The molecule has 1 heterocycles. The Morgan fingerprint density at radius 3 is 2.71 bits per heavy atom. The Morgan fingerprint density at radius 1 is 1.29 bits per heavy atom. The maximum atomic E-state index is 12.5. The highest BCUT2D eigenvalue weighted by Gasteiger charge is 2.28. The lowest BCUT2D eigenvalue weighted by atomic mass is 9.94. The van der Waals surface area contributed by atoms with Crippen LogP contribution in [0.5, 0.6) is 0 Å². The summed E-state index contributed by atoms with van der Waals surface area (Å²) in [6.07, 6.45) is 2.35. The number of nitrogens with zero attached hydrogens (tertiary/aromatic N) is 1. The van der Waals surface area contributed by atoms with Crippen molar-refractivity contribution in [1.82, 2.24) is 4.90 Å². The van der Waals surface area contributed by atoms with E-state index in [0.717, 1.165) is 22.1 Å². The van der Waals surface area contributed by atoms with Crippen molar-refractivity contribution in [1.29, 1.82) is 0 Å². The van der Waals surface area contributed by atoms with Crippen LogP contribution in [-0.4, -0.2) is 23.4 Å². The Labute approximate surface area is 117 Å². The molecule has 1 saturated heterocycles. The molecule has 0 bridgehead atoms. The van der Waals surface area contributed by atoms with E-state index in [1.165, 1.54) is 6.42 Å². The van der Waals surface area contributed by atoms with Crippen LogP contribution in [-0.2, 0) is 0 Å². The van der Waals surface area contributed by atoms with Crippen LogP contribution < -0.4 is 0 Å². The van der Waals surface area contributed by atoms with E-state index in [-0.39, 0.29) is 5.91 Å². The number of hydrogen-bond acceptors (Lipinski definition) is 1. The third-order valence-corrected chi connectivity index (χ3v) is 4.42. The van der Waals surface area contributed by atoms with Crippen molar-refractivity contribution in [3.05, 3.63) is 33.4 Å². The fourth-order valence-electron chi connectivity index (χ4n) is 2.36. The fraction of sp³-hybridized carbons (Fsp3) is 0.500. The first kappa shape index (κ1) is 12.9. The number of hydrogen-bond donors (Lipinski definition) is 0. The second-order valence-corrected chi connectivity index (χ2v) is 6.13. The van der Waals surface area contributed by atoms with Crippen LogP contribution in [0, 0.1) is 9.49 Å². The number of piperidine rings is 1. The highest BCUT2D eigenvalue weighted by Crippen LogP contribution is 2.24. The molecule has 1 aliphatic rings. The fourth-order valence-corrected chi connectivity index (χ4v) is 2.98. The summed E-state index contributed by atoms with van der Waals surface area (Å²) < 4.78 is 1.04. The zero-order valence-corrected chi connectivity index (χ0v) is 12.5. The van der Waals surface area contributed by atoms with Gasteiger partial charge in [0.15, 0.2) is 0 Å². The second kappa shape index (κ2) is 5.38. The maximum absolute atomic E-state index is 12.5. The zero-order chi connectivity index (χ0) is 12.4. The summed E-state index contributed by atoms with van der Waals surface area (Å²) in [5, 5.41) is 0. The van der Waals surface area contributed by atoms with E-state index in [9.17, 15) is 4.79 Å². The van der Waals surface area contributed by atoms with Gasteiger partial charge < -0.3 is 4.90 Å². The van der Waals surface area contributed by atoms with E-state index in [4.69, 9.17) is 0 Å². The van der Waals surface area contributed by atoms with Crippen molar-refractivity contribution in [2.75, 3.05) is 6.54 Å². The molecule has 2 unspecified atom stereocenters. The molecule has 1 aliphatic heterocycles. The second-order valence-electron chi connectivity index (χ2n) is 4.97. The predicted octanol–water partition coefficient (Wildman–Crippen LogP) is 3.55. The minimum atomic E-state index is 0.189. The lowest BCUT2D eigenvalue weighted by Gasteiger charge is -2.37. The summed E-state index contributed by atoms with van der Waals surface area (Å²) in [6.45, 7) is 5.27. The summed E-state index contributed by atoms with van der Waals surface area (Å²) in [5.41, 5.74) is 0.842. The molecule has 17 heavy (non-hydrogen) atoms. The average molecular weight is 343 g/mol. The number of rotatable bonds is 1. The van der Waals surface area contributed by atoms with E-state index < -0.39 is 0 Å². The summed E-state index contributed by atoms with van der Waals surface area (Å²) in [7, 11) is 0. The van der Waals surface area contributed by atoms with Crippen molar-refractivity contribution < 1.29 is 4.79 Å². The van der Waals surface area contributed by atoms with E-state index in [1.54, 1.807) is 0 Å². The minimum Gasteiger partial charge on any atom is -0.336 e. The summed E-state index contributed by atoms with van der Waals surface area (Å²) in [5.74, 6) is 0.811. The van der Waals surface area contributed by atoms with Gasteiger partial charge in [0.1, 0.15) is 0 Å². The Morgan fingerprint density at radius 2 is 2.00 bits per heavy atom. The molecule has 1 fully saturated rings. The molecule has 0 spiro atoms. The number of amides is 1. The monoisotopic (exact) mass is 343 g/mol. The number of likely N-dealkylation sites (tertiary alicyclic amines) is 1. The molecular weight excluding hydrogens is 325 g/mol. The Balaban J connectivity index is 2.22. The van der Waals surface area contributed by atoms with Crippen molar-refractivity contribution in [2.24, 2.45) is 5.92 Å². The van der Waals surface area contributed by atoms with Gasteiger partial charge in [-0.1, -0.05) is 19.1 Å². The Bertz CT molecular complexity index is 418. The quantitative estimate of drug-likeness (QED) is 0.714. The summed E-state index contributed by atoms with van der Waals surface area (Å²) >= 11 is 2.24. The van der Waals surface area contributed by atoms with E-state index >= 15 is 0 Å². The molecule has 2 atom stereocenters. The third-order valence-electron chi connectivity index (χ3n) is 3.48. The number of carbonyl (C=O) groups is 1. The predicted molar refractivity (Wildman–Crippen MR) is 78.1 cm³/mol. The van der Waals surface area contributed by atoms with Crippen LogP contribution in [0.1, 0.15) is 37.0 Å². The summed E-state index contributed by atoms with van der Waals surface area (Å²) in [6, 6.07) is 8.20. The first-order valence-electron chi connectivity index (χ1n) is 6.15. The Kier molecular flexibility index (Phi) is 4.07. The molecule has 2 rings (SSSR count). The molecule has 1 amide bonds. The van der Waals surface area contributed by atoms with E-state index in [2.05, 4.69) is 36.4 Å². The summed E-state index contributed by atoms with van der Waals surface area (Å²) in [4.78, 5) is 14.5. The standard InChI is InChI=1S/C14H18INO/c1-10-7-8-11(2)16(9-10)14(17)12-5-3-4-6-13(12)15/h3-6,10-11H,7-9H2,1-2H3. The largest absolute Gasteiger partial charge is 0.336 e. The van der Waals surface area contributed by atoms with Crippen molar-refractivity contribution in [3.63, 3.8) is 0 Å². The normalized spacial score (nSPS) is 24.8. The van der Waals surface area contributed by atoms with Gasteiger partial charge in [0.05, 0.1) is 5.56 Å². The zero-order valence-electron chi connectivity index (χ0n) is 10.3. The molecule has 2 nitrogen and oxygen atoms in total. The Hall–Kier alpha value is -0.580. The van der Waals surface area contributed by atoms with Crippen molar-refractivity contribution in [2.45, 2.75) is 32.7 Å². The lowest BCUT2D eigenvalue weighted by Crippen LogP contribution is -2.45. The average Bonchev–Trinajstić information content (AvgIpc) is 2.32. The van der Waals surface area contributed by atoms with Gasteiger partial charge in [0.25, 0.3) is 5.91 Å². The third kappa shape index (κ3) is 2.81. The molecule has 0 aliphatic carbocycles. The number of halogens is 1. The van der Waals surface area contributed by atoms with Crippen LogP contribution in [0.3, 0.4) is 0 Å². The van der Waals surface area contributed by atoms with Gasteiger partial charge in [-0.3, -0.25) is 4.79 Å². The van der Waals surface area contributed by atoms with E-state index in [0.29, 0.717) is 12.0 Å². The van der Waals surface area contributed by atoms with Gasteiger partial charge in [-0.05, 0) is 60.4 Å². The first-order valence-corrected chi connectivity index (χ1v) is 7.23. The van der Waals surface area contributed by atoms with Gasteiger partial charge in [-0.2, -0.15) is 0 Å². The van der Waals surface area contributed by atoms with Crippen LogP contribution in [0.2, 0.25) is 0 Å². The molecule has 1 aromatic rings. The molecule has 3 heteroatoms. The van der Waals surface area contributed by atoms with E-state index in [1.807, 2.05) is 29.2 Å². The van der Waals surface area contributed by atoms with Crippen LogP contribution in [0.15, 0.2) is 24.3 Å². The SMILES string of the molecule is CC1CCC(C)N(C(=O)c2ccccc2I)C1. The topological polar surface area (TPSA) is 20.3 Å². The van der Waals surface area contributed by atoms with Crippen molar-refractivity contribution >= 4 is 28.5 Å². The molecule has 0 saturated carbocycles. The molecular formula is C14H18INO. The minimum absolute atomic E-state index is 0.189. The highest BCUT2D eigenvalue weighted by molar-refractivity contribution is 14.1.